The van der Waals surface area contributed by atoms with Crippen molar-refractivity contribution in [3.8, 4) is 11.5 Å². The highest BCUT2D eigenvalue weighted by Crippen LogP contribution is 2.33. The highest BCUT2D eigenvalue weighted by molar-refractivity contribution is 5.79. The van der Waals surface area contributed by atoms with E-state index >= 15 is 0 Å². The molecule has 1 atom stereocenters. The van der Waals surface area contributed by atoms with Crippen molar-refractivity contribution in [3.63, 3.8) is 0 Å². The van der Waals surface area contributed by atoms with E-state index in [1.54, 1.807) is 6.07 Å². The number of hydrogen-bond acceptors (Lipinski definition) is 6. The number of β-amino-alcohol motifs (C(OH)–C–C–N with tert-alkyl or cyclic N) is 1. The Kier molecular flexibility index (Phi) is 6.73. The number of hydrogen-bond donors (Lipinski definition) is 1. The lowest BCUT2D eigenvalue weighted by atomic mass is 9.91. The van der Waals surface area contributed by atoms with E-state index in [0.29, 0.717) is 23.6 Å². The summed E-state index contributed by atoms with van der Waals surface area (Å²) in [6.07, 6.45) is 1.28. The third kappa shape index (κ3) is 5.35. The van der Waals surface area contributed by atoms with Crippen LogP contribution >= 0.6 is 0 Å². The fraction of sp³-hybridized carbons (Fsp3) is 0.458. The van der Waals surface area contributed by atoms with Crippen LogP contribution < -0.4 is 9.47 Å². The average molecular weight is 429 g/mol. The molecule has 0 spiro atoms. The molecular formula is C24H29FN2O4. The lowest BCUT2D eigenvalue weighted by Crippen LogP contribution is -2.40. The molecule has 3 aromatic rings. The van der Waals surface area contributed by atoms with Crippen molar-refractivity contribution in [1.29, 1.82) is 0 Å². The van der Waals surface area contributed by atoms with Crippen molar-refractivity contribution in [1.82, 2.24) is 10.1 Å². The van der Waals surface area contributed by atoms with Gasteiger partial charge in [0.1, 0.15) is 18.5 Å². The summed E-state index contributed by atoms with van der Waals surface area (Å²) in [6.45, 7) is 6.39. The molecule has 1 aliphatic rings. The lowest BCUT2D eigenvalue weighted by Gasteiger charge is -2.32. The van der Waals surface area contributed by atoms with E-state index in [-0.39, 0.29) is 24.4 Å². The minimum atomic E-state index is -0.598. The van der Waals surface area contributed by atoms with E-state index < -0.39 is 6.10 Å². The first-order valence-corrected chi connectivity index (χ1v) is 10.8. The zero-order chi connectivity index (χ0) is 21.8. The van der Waals surface area contributed by atoms with Gasteiger partial charge in [-0.25, -0.2) is 4.39 Å². The van der Waals surface area contributed by atoms with Gasteiger partial charge in [0.2, 0.25) is 0 Å². The van der Waals surface area contributed by atoms with Gasteiger partial charge < -0.3 is 24.0 Å². The average Bonchev–Trinajstić information content (AvgIpc) is 3.16. The predicted octanol–water partition coefficient (Wildman–Crippen LogP) is 4.37. The van der Waals surface area contributed by atoms with E-state index in [0.717, 1.165) is 37.0 Å². The maximum atomic E-state index is 13.4. The molecule has 4 rings (SSSR count). The molecule has 1 unspecified atom stereocenters. The Bertz CT molecular complexity index is 998. The zero-order valence-corrected chi connectivity index (χ0v) is 18.0. The van der Waals surface area contributed by atoms with Crippen molar-refractivity contribution in [2.45, 2.75) is 44.8 Å². The van der Waals surface area contributed by atoms with Crippen molar-refractivity contribution >= 4 is 11.0 Å². The molecule has 1 aromatic heterocycles. The number of piperidine rings is 1. The molecule has 0 bridgehead atoms. The SMILES string of the molecule is CC(C)Oc1ccccc1OCC(O)CN1CCC(c2noc3cc(F)ccc23)CC1. The van der Waals surface area contributed by atoms with Gasteiger partial charge in [0, 0.05) is 23.9 Å². The molecule has 31 heavy (non-hydrogen) atoms. The molecule has 166 valence electrons. The Balaban J connectivity index is 1.27. The Hall–Kier alpha value is -2.64. The maximum absolute atomic E-state index is 13.4. The van der Waals surface area contributed by atoms with E-state index in [1.807, 2.05) is 38.1 Å². The van der Waals surface area contributed by atoms with Crippen molar-refractivity contribution in [2.24, 2.45) is 0 Å². The molecule has 1 fully saturated rings. The Morgan fingerprint density at radius 1 is 1.16 bits per heavy atom. The number of ether oxygens (including phenoxy) is 2. The fourth-order valence-corrected chi connectivity index (χ4v) is 4.07. The lowest BCUT2D eigenvalue weighted by molar-refractivity contribution is 0.0577. The summed E-state index contributed by atoms with van der Waals surface area (Å²) in [6, 6.07) is 12.1. The molecule has 1 N–H and O–H groups in total. The molecule has 2 aromatic carbocycles. The van der Waals surface area contributed by atoms with Gasteiger partial charge in [0.05, 0.1) is 11.8 Å². The largest absolute Gasteiger partial charge is 0.487 e. The number of aliphatic hydroxyl groups excluding tert-OH is 1. The van der Waals surface area contributed by atoms with Gasteiger partial charge >= 0.3 is 0 Å². The van der Waals surface area contributed by atoms with Crippen molar-refractivity contribution in [3.05, 3.63) is 54.0 Å². The molecule has 2 heterocycles. The van der Waals surface area contributed by atoms with Crippen LogP contribution in [-0.4, -0.2) is 53.6 Å². The number of nitrogens with zero attached hydrogens (tertiary/aromatic N) is 2. The zero-order valence-electron chi connectivity index (χ0n) is 18.0. The minimum absolute atomic E-state index is 0.0526. The summed E-state index contributed by atoms with van der Waals surface area (Å²) in [5.41, 5.74) is 1.40. The van der Waals surface area contributed by atoms with Crippen LogP contribution in [0.15, 0.2) is 47.0 Å². The third-order valence-corrected chi connectivity index (χ3v) is 5.55. The summed E-state index contributed by atoms with van der Waals surface area (Å²) in [7, 11) is 0. The summed E-state index contributed by atoms with van der Waals surface area (Å²) in [5.74, 6) is 1.28. The summed E-state index contributed by atoms with van der Waals surface area (Å²) >= 11 is 0. The van der Waals surface area contributed by atoms with Gasteiger partial charge in [-0.2, -0.15) is 0 Å². The molecule has 1 aliphatic heterocycles. The smallest absolute Gasteiger partial charge is 0.170 e. The van der Waals surface area contributed by atoms with Crippen LogP contribution in [0.4, 0.5) is 4.39 Å². The van der Waals surface area contributed by atoms with Crippen LogP contribution in [0.5, 0.6) is 11.5 Å². The van der Waals surface area contributed by atoms with Crippen LogP contribution in [0, 0.1) is 5.82 Å². The number of benzene rings is 2. The number of rotatable bonds is 8. The Morgan fingerprint density at radius 3 is 2.65 bits per heavy atom. The highest BCUT2D eigenvalue weighted by Gasteiger charge is 2.26. The second-order valence-corrected chi connectivity index (χ2v) is 8.36. The molecule has 6 nitrogen and oxygen atoms in total. The first kappa shape index (κ1) is 21.6. The second-order valence-electron chi connectivity index (χ2n) is 8.36. The molecule has 1 saturated heterocycles. The van der Waals surface area contributed by atoms with Gasteiger partial charge in [-0.3, -0.25) is 0 Å². The topological polar surface area (TPSA) is 68.0 Å². The number of aromatic nitrogens is 1. The molecule has 0 aliphatic carbocycles. The predicted molar refractivity (Wildman–Crippen MR) is 116 cm³/mol. The summed E-state index contributed by atoms with van der Waals surface area (Å²) < 4.78 is 30.3. The first-order chi connectivity index (χ1) is 15.0. The quantitative estimate of drug-likeness (QED) is 0.575. The second kappa shape index (κ2) is 9.66. The summed E-state index contributed by atoms with van der Waals surface area (Å²) in [4.78, 5) is 2.24. The van der Waals surface area contributed by atoms with Crippen molar-refractivity contribution in [2.75, 3.05) is 26.2 Å². The fourth-order valence-electron chi connectivity index (χ4n) is 4.07. The van der Waals surface area contributed by atoms with E-state index in [4.69, 9.17) is 14.0 Å². The molecule has 7 heteroatoms. The van der Waals surface area contributed by atoms with Crippen LogP contribution in [0.2, 0.25) is 0 Å². The van der Waals surface area contributed by atoms with Crippen LogP contribution in [0.25, 0.3) is 11.0 Å². The van der Waals surface area contributed by atoms with Crippen LogP contribution in [0.1, 0.15) is 38.3 Å². The molecular weight excluding hydrogens is 399 g/mol. The molecule has 0 saturated carbocycles. The van der Waals surface area contributed by atoms with Crippen molar-refractivity contribution < 1.29 is 23.5 Å². The highest BCUT2D eigenvalue weighted by atomic mass is 19.1. The summed E-state index contributed by atoms with van der Waals surface area (Å²) in [5, 5.41) is 15.6. The molecule has 0 amide bonds. The van der Waals surface area contributed by atoms with E-state index in [1.165, 1.54) is 12.1 Å². The van der Waals surface area contributed by atoms with Gasteiger partial charge in [0.15, 0.2) is 17.1 Å². The van der Waals surface area contributed by atoms with E-state index in [9.17, 15) is 9.50 Å². The van der Waals surface area contributed by atoms with Gasteiger partial charge in [0.25, 0.3) is 0 Å². The number of halogens is 1. The maximum Gasteiger partial charge on any atom is 0.170 e. The van der Waals surface area contributed by atoms with Gasteiger partial charge in [-0.05, 0) is 64.0 Å². The third-order valence-electron chi connectivity index (χ3n) is 5.55. The Morgan fingerprint density at radius 2 is 1.90 bits per heavy atom. The van der Waals surface area contributed by atoms with Gasteiger partial charge in [-0.15, -0.1) is 0 Å². The number of fused-ring (bicyclic) bond motifs is 1. The number of likely N-dealkylation sites (tertiary alicyclic amines) is 1. The monoisotopic (exact) mass is 428 g/mol. The molecule has 0 radical (unpaired) electrons. The van der Waals surface area contributed by atoms with Crippen LogP contribution in [0.3, 0.4) is 0 Å². The van der Waals surface area contributed by atoms with Crippen LogP contribution in [-0.2, 0) is 0 Å². The van der Waals surface area contributed by atoms with E-state index in [2.05, 4.69) is 10.1 Å². The standard InChI is InChI=1S/C24H29FN2O4/c1-16(2)30-22-6-4-3-5-21(22)29-15-19(28)14-27-11-9-17(10-12-27)24-20-8-7-18(25)13-23(20)31-26-24/h3-8,13,16-17,19,28H,9-12,14-15H2,1-2H3. The number of aliphatic hydroxyl groups is 1. The Labute approximate surface area is 181 Å². The number of para-hydroxylation sites is 2. The van der Waals surface area contributed by atoms with Gasteiger partial charge in [-0.1, -0.05) is 17.3 Å². The minimum Gasteiger partial charge on any atom is -0.487 e. The first-order valence-electron chi connectivity index (χ1n) is 10.8. The normalized spacial score (nSPS) is 16.7.